The van der Waals surface area contributed by atoms with Crippen LogP contribution in [0.5, 0.6) is 0 Å². The van der Waals surface area contributed by atoms with E-state index in [1.807, 2.05) is 0 Å². The predicted octanol–water partition coefficient (Wildman–Crippen LogP) is 14.5. The molecule has 2 heterocycles. The standard InChI is InChI=1S/C57H43N2S/c1-60(2)55-30-14-11-26-51(55)57(50-25-10-13-29-54(50)59-53-28-12-9-23-48(53)49-24-16-27-52(57)56(49)59)44-20-15-19-43(39-44)42-33-37-47(38-34-42)58(45-21-7-4-8-22-45)46-35-31-41(32-36-46)40-17-5-3-6-18-40/h3-39H,1-2H3/q+1. The van der Waals surface area contributed by atoms with Crippen LogP contribution < -0.4 is 4.90 Å². The Labute approximate surface area is 355 Å². The third kappa shape index (κ3) is 5.65. The van der Waals surface area contributed by atoms with Gasteiger partial charge in [-0.2, -0.15) is 0 Å². The third-order valence-electron chi connectivity index (χ3n) is 12.4. The van der Waals surface area contributed by atoms with E-state index in [-0.39, 0.29) is 10.9 Å². The average molecular weight is 788 g/mol. The largest absolute Gasteiger partial charge is 0.311 e. The number of para-hydroxylation sites is 4. The van der Waals surface area contributed by atoms with Crippen molar-refractivity contribution in [3.63, 3.8) is 0 Å². The monoisotopic (exact) mass is 787 g/mol. The number of aromatic nitrogens is 1. The van der Waals surface area contributed by atoms with E-state index in [1.54, 1.807) is 0 Å². The highest BCUT2D eigenvalue weighted by atomic mass is 32.2. The molecule has 3 heteroatoms. The van der Waals surface area contributed by atoms with Crippen LogP contribution in [0, 0.1) is 0 Å². The molecule has 0 saturated heterocycles. The van der Waals surface area contributed by atoms with Gasteiger partial charge in [0.05, 0.1) is 22.1 Å². The minimum atomic E-state index is -0.569. The van der Waals surface area contributed by atoms with E-state index in [9.17, 15) is 0 Å². The summed E-state index contributed by atoms with van der Waals surface area (Å²) in [5.74, 6) is 0. The highest BCUT2D eigenvalue weighted by Crippen LogP contribution is 2.55. The van der Waals surface area contributed by atoms with E-state index >= 15 is 0 Å². The maximum absolute atomic E-state index is 2.52. The van der Waals surface area contributed by atoms with Gasteiger partial charge in [0.25, 0.3) is 0 Å². The zero-order chi connectivity index (χ0) is 40.2. The summed E-state index contributed by atoms with van der Waals surface area (Å²) < 4.78 is 2.52. The number of nitrogens with zero attached hydrogens (tertiary/aromatic N) is 2. The van der Waals surface area contributed by atoms with E-state index in [0.717, 1.165) is 17.1 Å². The summed E-state index contributed by atoms with van der Waals surface area (Å²) in [5, 5.41) is 2.57. The van der Waals surface area contributed by atoms with Gasteiger partial charge in [-0.3, -0.25) is 0 Å². The molecule has 1 aliphatic rings. The van der Waals surface area contributed by atoms with Gasteiger partial charge in [0, 0.05) is 44.3 Å². The number of fused-ring (bicyclic) bond motifs is 5. The van der Waals surface area contributed by atoms with Crippen LogP contribution in [0.1, 0.15) is 22.3 Å². The molecule has 0 saturated carbocycles. The van der Waals surface area contributed by atoms with Crippen LogP contribution in [0.4, 0.5) is 17.1 Å². The van der Waals surface area contributed by atoms with E-state index in [0.29, 0.717) is 0 Å². The quantitative estimate of drug-likeness (QED) is 0.139. The van der Waals surface area contributed by atoms with Gasteiger partial charge >= 0.3 is 0 Å². The second-order valence-corrected chi connectivity index (χ2v) is 17.9. The molecule has 0 radical (unpaired) electrons. The van der Waals surface area contributed by atoms with Crippen molar-refractivity contribution in [2.24, 2.45) is 0 Å². The van der Waals surface area contributed by atoms with Crippen molar-refractivity contribution in [3.8, 4) is 27.9 Å². The van der Waals surface area contributed by atoms with Gasteiger partial charge < -0.3 is 9.47 Å². The van der Waals surface area contributed by atoms with Crippen LogP contribution in [-0.4, -0.2) is 17.1 Å². The first kappa shape index (κ1) is 36.0. The number of anilines is 3. The second-order valence-electron chi connectivity index (χ2n) is 15.8. The van der Waals surface area contributed by atoms with E-state index in [1.165, 1.54) is 76.9 Å². The van der Waals surface area contributed by atoms with Gasteiger partial charge in [0.2, 0.25) is 0 Å². The Kier molecular flexibility index (Phi) is 8.79. The lowest BCUT2D eigenvalue weighted by Gasteiger charge is -2.42. The fraction of sp³-hybridized carbons (Fsp3) is 0.0526. The summed E-state index contributed by atoms with van der Waals surface area (Å²) >= 11 is 0. The van der Waals surface area contributed by atoms with Crippen molar-refractivity contribution >= 4 is 49.8 Å². The van der Waals surface area contributed by atoms with Crippen molar-refractivity contribution in [2.45, 2.75) is 10.3 Å². The van der Waals surface area contributed by atoms with E-state index < -0.39 is 5.41 Å². The molecule has 60 heavy (non-hydrogen) atoms. The molecule has 0 aliphatic carbocycles. The Bertz CT molecular complexity index is 3170. The first-order valence-corrected chi connectivity index (χ1v) is 22.7. The minimum Gasteiger partial charge on any atom is -0.311 e. The fourth-order valence-corrected chi connectivity index (χ4v) is 10.8. The van der Waals surface area contributed by atoms with E-state index in [4.69, 9.17) is 0 Å². The fourth-order valence-electron chi connectivity index (χ4n) is 9.78. The summed E-state index contributed by atoms with van der Waals surface area (Å²) in [6.07, 6.45) is 4.71. The topological polar surface area (TPSA) is 8.17 Å². The zero-order valence-corrected chi connectivity index (χ0v) is 34.5. The summed E-state index contributed by atoms with van der Waals surface area (Å²) in [6, 6.07) is 82.7. The van der Waals surface area contributed by atoms with Gasteiger partial charge in [-0.1, -0.05) is 164 Å². The van der Waals surface area contributed by atoms with Crippen LogP contribution >= 0.6 is 0 Å². The van der Waals surface area contributed by atoms with Gasteiger partial charge in [0.15, 0.2) is 4.90 Å². The first-order valence-electron chi connectivity index (χ1n) is 20.6. The molecule has 11 rings (SSSR count). The molecule has 1 unspecified atom stereocenters. The number of hydrogen-bond acceptors (Lipinski definition) is 1. The van der Waals surface area contributed by atoms with Crippen LogP contribution in [0.3, 0.4) is 0 Å². The third-order valence-corrected chi connectivity index (χ3v) is 13.6. The molecule has 0 spiro atoms. The molecule has 2 nitrogen and oxygen atoms in total. The van der Waals surface area contributed by atoms with Crippen LogP contribution in [0.25, 0.3) is 49.7 Å². The second kappa shape index (κ2) is 14.6. The van der Waals surface area contributed by atoms with Crippen LogP contribution in [0.15, 0.2) is 229 Å². The lowest BCUT2D eigenvalue weighted by Crippen LogP contribution is -2.36. The highest BCUT2D eigenvalue weighted by molar-refractivity contribution is 7.95. The molecule has 9 aromatic carbocycles. The Balaban J connectivity index is 1.08. The van der Waals surface area contributed by atoms with Crippen molar-refractivity contribution in [2.75, 3.05) is 17.4 Å². The van der Waals surface area contributed by atoms with Crippen molar-refractivity contribution in [3.05, 3.63) is 247 Å². The van der Waals surface area contributed by atoms with Gasteiger partial charge in [-0.25, -0.2) is 0 Å². The highest BCUT2D eigenvalue weighted by Gasteiger charge is 2.48. The molecule has 0 fully saturated rings. The van der Waals surface area contributed by atoms with Crippen LogP contribution in [-0.2, 0) is 16.3 Å². The Morgan fingerprint density at radius 2 is 0.917 bits per heavy atom. The van der Waals surface area contributed by atoms with Crippen molar-refractivity contribution in [1.82, 2.24) is 4.57 Å². The van der Waals surface area contributed by atoms with E-state index in [2.05, 4.69) is 246 Å². The van der Waals surface area contributed by atoms with Gasteiger partial charge in [0.1, 0.15) is 12.5 Å². The average Bonchev–Trinajstić information content (AvgIpc) is 3.66. The smallest absolute Gasteiger partial charge is 0.159 e. The van der Waals surface area contributed by atoms with Gasteiger partial charge in [-0.05, 0) is 99.6 Å². The Hall–Kier alpha value is -7.07. The Morgan fingerprint density at radius 3 is 1.65 bits per heavy atom. The van der Waals surface area contributed by atoms with Crippen molar-refractivity contribution < 1.29 is 0 Å². The molecule has 1 aliphatic heterocycles. The lowest BCUT2D eigenvalue weighted by atomic mass is 9.63. The van der Waals surface area contributed by atoms with Crippen LogP contribution in [0.2, 0.25) is 0 Å². The molecule has 1 aromatic heterocycles. The van der Waals surface area contributed by atoms with Crippen molar-refractivity contribution in [1.29, 1.82) is 0 Å². The SMILES string of the molecule is C[S+](C)c1ccccc1C1(c2cccc(-c3ccc(N(c4ccccc4)c4ccc(-c5ccccc5)cc4)cc3)c2)c2ccccc2-n2c3ccccc3c3cccc1c32. The van der Waals surface area contributed by atoms with Gasteiger partial charge in [-0.15, -0.1) is 0 Å². The zero-order valence-electron chi connectivity index (χ0n) is 33.7. The maximum atomic E-state index is 2.52. The lowest BCUT2D eigenvalue weighted by molar-refractivity contribution is 0.712. The summed E-state index contributed by atoms with van der Waals surface area (Å²) in [6.45, 7) is 0. The predicted molar refractivity (Wildman–Crippen MR) is 256 cm³/mol. The molecule has 0 amide bonds. The summed E-state index contributed by atoms with van der Waals surface area (Å²) in [4.78, 5) is 3.73. The molecule has 286 valence electrons. The maximum Gasteiger partial charge on any atom is 0.159 e. The normalized spacial score (nSPS) is 14.4. The molecule has 0 N–H and O–H groups in total. The minimum absolute atomic E-state index is 0.00619. The molecule has 0 bridgehead atoms. The first-order chi connectivity index (χ1) is 29.6. The number of rotatable bonds is 8. The molecule has 10 aromatic rings. The number of benzene rings is 9. The summed E-state index contributed by atoms with van der Waals surface area (Å²) in [7, 11) is 0.00619. The summed E-state index contributed by atoms with van der Waals surface area (Å²) in [5.41, 5.74) is 16.6. The Morgan fingerprint density at radius 1 is 0.400 bits per heavy atom. The number of hydrogen-bond donors (Lipinski definition) is 0. The molecular formula is C57H43N2S+. The molecule has 1 atom stereocenters. The molecular weight excluding hydrogens is 745 g/mol.